The lowest BCUT2D eigenvalue weighted by Crippen LogP contribution is -2.13. The minimum absolute atomic E-state index is 0.200. The number of esters is 2. The molecule has 0 unspecified atom stereocenters. The fourth-order valence-electron chi connectivity index (χ4n) is 1.68. The zero-order chi connectivity index (χ0) is 16.9. The predicted molar refractivity (Wildman–Crippen MR) is 87.0 cm³/mol. The van der Waals surface area contributed by atoms with Gasteiger partial charge in [0.1, 0.15) is 0 Å². The normalized spacial score (nSPS) is 10.5. The highest BCUT2D eigenvalue weighted by molar-refractivity contribution is 6.17. The molecule has 0 saturated heterocycles. The second-order valence-electron chi connectivity index (χ2n) is 5.44. The van der Waals surface area contributed by atoms with Gasteiger partial charge in [0.05, 0.1) is 23.4 Å². The molecule has 0 aliphatic carbocycles. The number of carbonyl (C=O) groups is 2. The van der Waals surface area contributed by atoms with E-state index in [4.69, 9.17) is 9.47 Å². The van der Waals surface area contributed by atoms with E-state index < -0.39 is 11.9 Å². The fourth-order valence-corrected chi connectivity index (χ4v) is 1.68. The summed E-state index contributed by atoms with van der Waals surface area (Å²) < 4.78 is 10.2. The minimum atomic E-state index is -0.458. The van der Waals surface area contributed by atoms with Gasteiger partial charge in [0.2, 0.25) is 0 Å². The average molecular weight is 302 g/mol. The molecule has 1 aromatic carbocycles. The smallest absolute Gasteiger partial charge is 0.338 e. The van der Waals surface area contributed by atoms with Crippen LogP contribution in [0, 0.1) is 0 Å². The van der Waals surface area contributed by atoms with Gasteiger partial charge < -0.3 is 9.47 Å². The van der Waals surface area contributed by atoms with Crippen LogP contribution in [0.15, 0.2) is 37.4 Å². The monoisotopic (exact) mass is 302 g/mol. The lowest BCUT2D eigenvalue weighted by Gasteiger charge is -2.12. The fraction of sp³-hybridized carbons (Fsp3) is 0.333. The van der Waals surface area contributed by atoms with Gasteiger partial charge in [-0.2, -0.15) is 0 Å². The van der Waals surface area contributed by atoms with Gasteiger partial charge in [0, 0.05) is 0 Å². The molecule has 0 bridgehead atoms. The molecule has 1 rings (SSSR count). The third-order valence-corrected chi connectivity index (χ3v) is 2.76. The Bertz CT molecular complexity index is 527. The molecular weight excluding hydrogens is 280 g/mol. The molecule has 0 aromatic heterocycles. The first-order chi connectivity index (χ1) is 10.2. The van der Waals surface area contributed by atoms with Crippen molar-refractivity contribution >= 4 is 23.1 Å². The van der Waals surface area contributed by atoms with E-state index in [1.165, 1.54) is 0 Å². The first kappa shape index (κ1) is 17.7. The van der Waals surface area contributed by atoms with Crippen molar-refractivity contribution in [3.63, 3.8) is 0 Å². The highest BCUT2D eigenvalue weighted by Gasteiger charge is 2.15. The molecule has 4 heteroatoms. The quantitative estimate of drug-likeness (QED) is 0.595. The van der Waals surface area contributed by atoms with Crippen LogP contribution in [0.4, 0.5) is 0 Å². The highest BCUT2D eigenvalue weighted by Crippen LogP contribution is 2.20. The number of hydrogen-bond acceptors (Lipinski definition) is 4. The highest BCUT2D eigenvalue weighted by atomic mass is 16.5. The van der Waals surface area contributed by atoms with E-state index >= 15 is 0 Å². The number of carbonyl (C=O) groups excluding carboxylic acids is 2. The summed E-state index contributed by atoms with van der Waals surface area (Å²) in [6.45, 7) is 14.6. The predicted octanol–water partition coefficient (Wildman–Crippen LogP) is 3.62. The van der Waals surface area contributed by atoms with Crippen molar-refractivity contribution in [1.82, 2.24) is 0 Å². The summed E-state index contributed by atoms with van der Waals surface area (Å²) in [5.41, 5.74) is 1.82. The molecule has 0 amide bonds. The first-order valence-corrected chi connectivity index (χ1v) is 7.13. The molecule has 118 valence electrons. The summed E-state index contributed by atoms with van der Waals surface area (Å²) in [6.07, 6.45) is -0.400. The maximum atomic E-state index is 11.8. The summed E-state index contributed by atoms with van der Waals surface area (Å²) in [7, 11) is 0. The Hall–Kier alpha value is -2.36. The average Bonchev–Trinajstić information content (AvgIpc) is 2.44. The summed E-state index contributed by atoms with van der Waals surface area (Å²) in [5, 5.41) is 0. The summed E-state index contributed by atoms with van der Waals surface area (Å²) in [5.74, 6) is -0.915. The van der Waals surface area contributed by atoms with Crippen molar-refractivity contribution < 1.29 is 19.1 Å². The molecule has 0 saturated carbocycles. The Morgan fingerprint density at radius 3 is 1.27 bits per heavy atom. The zero-order valence-corrected chi connectivity index (χ0v) is 13.5. The van der Waals surface area contributed by atoms with E-state index in [0.29, 0.717) is 11.1 Å². The molecular formula is C18H22O4. The molecule has 0 radical (unpaired) electrons. The van der Waals surface area contributed by atoms with Gasteiger partial charge in [-0.15, -0.1) is 0 Å². The van der Waals surface area contributed by atoms with Gasteiger partial charge in [-0.05, 0) is 38.8 Å². The van der Waals surface area contributed by atoms with E-state index in [1.807, 2.05) is 0 Å². The van der Waals surface area contributed by atoms with E-state index in [1.54, 1.807) is 52.0 Å². The molecule has 0 fully saturated rings. The third kappa shape index (κ3) is 4.88. The van der Waals surface area contributed by atoms with Crippen LogP contribution in [0.2, 0.25) is 0 Å². The number of rotatable bonds is 6. The maximum Gasteiger partial charge on any atom is 0.338 e. The van der Waals surface area contributed by atoms with Crippen LogP contribution in [0.3, 0.4) is 0 Å². The van der Waals surface area contributed by atoms with Crippen LogP contribution in [-0.4, -0.2) is 24.1 Å². The van der Waals surface area contributed by atoms with Crippen molar-refractivity contribution in [2.24, 2.45) is 0 Å². The molecule has 0 aliphatic rings. The SMILES string of the molecule is C=C(C(=O)OC(C)C)c1ccc(C(=C)C(=O)OC(C)C)cc1. The largest absolute Gasteiger partial charge is 0.459 e. The van der Waals surface area contributed by atoms with Crippen molar-refractivity contribution in [3.05, 3.63) is 48.6 Å². The number of ether oxygens (including phenoxy) is 2. The Balaban J connectivity index is 2.82. The van der Waals surface area contributed by atoms with Crippen molar-refractivity contribution in [2.75, 3.05) is 0 Å². The number of hydrogen-bond donors (Lipinski definition) is 0. The van der Waals surface area contributed by atoms with Gasteiger partial charge in [0.25, 0.3) is 0 Å². The Kier molecular flexibility index (Phi) is 6.11. The lowest BCUT2D eigenvalue weighted by atomic mass is 10.0. The second kappa shape index (κ2) is 7.59. The van der Waals surface area contributed by atoms with Gasteiger partial charge in [-0.1, -0.05) is 37.4 Å². The second-order valence-corrected chi connectivity index (χ2v) is 5.44. The third-order valence-electron chi connectivity index (χ3n) is 2.76. The van der Waals surface area contributed by atoms with Gasteiger partial charge in [-0.3, -0.25) is 0 Å². The van der Waals surface area contributed by atoms with Crippen LogP contribution < -0.4 is 0 Å². The van der Waals surface area contributed by atoms with Gasteiger partial charge >= 0.3 is 11.9 Å². The van der Waals surface area contributed by atoms with Crippen LogP contribution in [0.5, 0.6) is 0 Å². The van der Waals surface area contributed by atoms with Crippen LogP contribution >= 0.6 is 0 Å². The van der Waals surface area contributed by atoms with Crippen molar-refractivity contribution in [3.8, 4) is 0 Å². The first-order valence-electron chi connectivity index (χ1n) is 7.13. The zero-order valence-electron chi connectivity index (χ0n) is 13.5. The van der Waals surface area contributed by atoms with Gasteiger partial charge in [0.15, 0.2) is 0 Å². The molecule has 22 heavy (non-hydrogen) atoms. The molecule has 4 nitrogen and oxygen atoms in total. The van der Waals surface area contributed by atoms with E-state index in [-0.39, 0.29) is 23.4 Å². The minimum Gasteiger partial charge on any atom is -0.459 e. The van der Waals surface area contributed by atoms with E-state index in [9.17, 15) is 9.59 Å². The van der Waals surface area contributed by atoms with Crippen LogP contribution in [0.25, 0.3) is 11.1 Å². The topological polar surface area (TPSA) is 52.6 Å². The van der Waals surface area contributed by atoms with Crippen LogP contribution in [0.1, 0.15) is 38.8 Å². The molecule has 0 atom stereocenters. The van der Waals surface area contributed by atoms with Gasteiger partial charge in [-0.25, -0.2) is 9.59 Å². The Labute approximate surface area is 131 Å². The van der Waals surface area contributed by atoms with Crippen molar-refractivity contribution in [1.29, 1.82) is 0 Å². The van der Waals surface area contributed by atoms with E-state index in [0.717, 1.165) is 0 Å². The molecule has 1 aromatic rings. The van der Waals surface area contributed by atoms with Crippen molar-refractivity contribution in [2.45, 2.75) is 39.9 Å². The lowest BCUT2D eigenvalue weighted by molar-refractivity contribution is -0.141. The van der Waals surface area contributed by atoms with Crippen LogP contribution in [-0.2, 0) is 19.1 Å². The summed E-state index contributed by atoms with van der Waals surface area (Å²) in [6, 6.07) is 6.81. The molecule has 0 aliphatic heterocycles. The Morgan fingerprint density at radius 1 is 0.773 bits per heavy atom. The summed E-state index contributed by atoms with van der Waals surface area (Å²) in [4.78, 5) is 23.6. The molecule has 0 N–H and O–H groups in total. The Morgan fingerprint density at radius 2 is 1.05 bits per heavy atom. The maximum absolute atomic E-state index is 11.8. The molecule has 0 heterocycles. The standard InChI is InChI=1S/C18H22O4/c1-11(2)21-17(19)13(5)15-7-9-16(10-8-15)14(6)18(20)22-12(3)4/h7-12H,5-6H2,1-4H3. The number of benzene rings is 1. The summed E-state index contributed by atoms with van der Waals surface area (Å²) >= 11 is 0. The van der Waals surface area contributed by atoms with E-state index in [2.05, 4.69) is 13.2 Å². The molecule has 0 spiro atoms.